The van der Waals surface area contributed by atoms with Crippen LogP contribution in [0.5, 0.6) is 5.75 Å². The number of nitrogens with zero attached hydrogens (tertiary/aromatic N) is 2. The topological polar surface area (TPSA) is 128 Å². The highest BCUT2D eigenvalue weighted by Crippen LogP contribution is 2.30. The molecule has 2 atom stereocenters. The largest absolute Gasteiger partial charge is 0.490 e. The summed E-state index contributed by atoms with van der Waals surface area (Å²) < 4.78 is 16.0. The van der Waals surface area contributed by atoms with Gasteiger partial charge in [0.1, 0.15) is 36.7 Å². The average Bonchev–Trinajstić information content (AvgIpc) is 3.19. The molecule has 1 N–H and O–H groups in total. The smallest absolute Gasteiger partial charge is 0.411 e. The van der Waals surface area contributed by atoms with E-state index in [9.17, 15) is 24.8 Å². The summed E-state index contributed by atoms with van der Waals surface area (Å²) in [6.07, 6.45) is 0.563. The molecule has 1 unspecified atom stereocenters. The number of aliphatic hydroxyl groups is 1. The molecule has 0 bridgehead atoms. The molecule has 1 amide bonds. The molecule has 1 fully saturated rings. The highest BCUT2D eigenvalue weighted by molar-refractivity contribution is 5.82. The summed E-state index contributed by atoms with van der Waals surface area (Å²) in [7, 11) is 0. The summed E-state index contributed by atoms with van der Waals surface area (Å²) in [5.41, 5.74) is -0.867. The number of hydrogen-bond donors (Lipinski definition) is 1. The maximum Gasteiger partial charge on any atom is 0.411 e. The van der Waals surface area contributed by atoms with Gasteiger partial charge in [-0.25, -0.2) is 9.59 Å². The van der Waals surface area contributed by atoms with Crippen molar-refractivity contribution >= 4 is 17.7 Å². The average molecular weight is 436 g/mol. The van der Waals surface area contributed by atoms with E-state index < -0.39 is 34.7 Å². The third-order valence-electron chi connectivity index (χ3n) is 4.49. The Morgan fingerprint density at radius 1 is 1.39 bits per heavy atom. The quantitative estimate of drug-likeness (QED) is 0.216. The lowest BCUT2D eigenvalue weighted by molar-refractivity contribution is -0.386. The van der Waals surface area contributed by atoms with Crippen LogP contribution in [0.25, 0.3) is 0 Å². The molecule has 1 aliphatic rings. The second-order valence-corrected chi connectivity index (χ2v) is 8.01. The number of esters is 1. The van der Waals surface area contributed by atoms with Crippen molar-refractivity contribution in [2.75, 3.05) is 19.8 Å². The first-order valence-corrected chi connectivity index (χ1v) is 9.91. The summed E-state index contributed by atoms with van der Waals surface area (Å²) in [4.78, 5) is 36.5. The van der Waals surface area contributed by atoms with Crippen molar-refractivity contribution in [3.63, 3.8) is 0 Å². The van der Waals surface area contributed by atoms with Crippen LogP contribution in [0.1, 0.15) is 45.3 Å². The molecule has 0 radical (unpaired) electrons. The van der Waals surface area contributed by atoms with Crippen LogP contribution >= 0.6 is 0 Å². The maximum atomic E-state index is 12.4. The molecule has 1 heterocycles. The number of hydrogen-bond acceptors (Lipinski definition) is 8. The van der Waals surface area contributed by atoms with Gasteiger partial charge in [-0.05, 0) is 45.7 Å². The predicted molar refractivity (Wildman–Crippen MR) is 111 cm³/mol. The van der Waals surface area contributed by atoms with Crippen LogP contribution in [0, 0.1) is 10.1 Å². The van der Waals surface area contributed by atoms with E-state index >= 15 is 0 Å². The van der Waals surface area contributed by atoms with Crippen molar-refractivity contribution in [1.82, 2.24) is 4.90 Å². The first kappa shape index (κ1) is 24.1. The summed E-state index contributed by atoms with van der Waals surface area (Å²) in [6.45, 7) is 9.03. The van der Waals surface area contributed by atoms with Crippen LogP contribution in [0.4, 0.5) is 10.5 Å². The van der Waals surface area contributed by atoms with Crippen molar-refractivity contribution in [3.8, 4) is 5.75 Å². The number of ether oxygens (including phenoxy) is 3. The van der Waals surface area contributed by atoms with Gasteiger partial charge in [0.25, 0.3) is 5.69 Å². The number of benzene rings is 1. The highest BCUT2D eigenvalue weighted by Gasteiger charge is 2.37. The van der Waals surface area contributed by atoms with Crippen molar-refractivity contribution in [2.24, 2.45) is 0 Å². The van der Waals surface area contributed by atoms with Crippen molar-refractivity contribution in [3.05, 3.63) is 46.5 Å². The molecule has 1 aromatic rings. The molecular formula is C21H28N2O8. The summed E-state index contributed by atoms with van der Waals surface area (Å²) >= 11 is 0. The van der Waals surface area contributed by atoms with Gasteiger partial charge in [-0.15, -0.1) is 6.58 Å². The van der Waals surface area contributed by atoms with Gasteiger partial charge in [0.05, 0.1) is 10.5 Å². The third-order valence-corrected chi connectivity index (χ3v) is 4.49. The number of amides is 1. The molecule has 0 aromatic heterocycles. The van der Waals surface area contributed by atoms with Crippen LogP contribution in [-0.4, -0.2) is 58.4 Å². The zero-order valence-electron chi connectivity index (χ0n) is 17.9. The molecule has 0 spiro atoms. The molecular weight excluding hydrogens is 408 g/mol. The molecule has 0 aliphatic carbocycles. The van der Waals surface area contributed by atoms with Crippen LogP contribution in [0.15, 0.2) is 30.9 Å². The van der Waals surface area contributed by atoms with Crippen molar-refractivity contribution < 1.29 is 33.8 Å². The molecule has 1 aromatic carbocycles. The Balaban J connectivity index is 1.89. The molecule has 0 saturated carbocycles. The predicted octanol–water partition coefficient (Wildman–Crippen LogP) is 3.14. The first-order chi connectivity index (χ1) is 14.5. The minimum atomic E-state index is -1.22. The van der Waals surface area contributed by atoms with Crippen molar-refractivity contribution in [1.29, 1.82) is 0 Å². The van der Waals surface area contributed by atoms with E-state index in [1.165, 1.54) is 29.2 Å². The van der Waals surface area contributed by atoms with Gasteiger partial charge in [0, 0.05) is 12.6 Å². The number of nitro benzene ring substituents is 1. The molecule has 1 saturated heterocycles. The lowest BCUT2D eigenvalue weighted by Crippen LogP contribution is -2.44. The van der Waals surface area contributed by atoms with E-state index in [0.717, 1.165) is 0 Å². The summed E-state index contributed by atoms with van der Waals surface area (Å²) in [6, 6.07) is 3.25. The fourth-order valence-electron chi connectivity index (χ4n) is 3.10. The lowest BCUT2D eigenvalue weighted by Gasteiger charge is -2.27. The maximum absolute atomic E-state index is 12.4. The Labute approximate surface area is 180 Å². The zero-order valence-corrected chi connectivity index (χ0v) is 17.9. The van der Waals surface area contributed by atoms with E-state index in [4.69, 9.17) is 14.2 Å². The van der Waals surface area contributed by atoms with Crippen molar-refractivity contribution in [2.45, 2.75) is 51.4 Å². The van der Waals surface area contributed by atoms with Gasteiger partial charge < -0.3 is 19.3 Å². The summed E-state index contributed by atoms with van der Waals surface area (Å²) in [5, 5.41) is 21.0. The van der Waals surface area contributed by atoms with Crippen LogP contribution in [0.3, 0.4) is 0 Å². The number of carbonyl (C=O) groups excluding carboxylic acids is 2. The van der Waals surface area contributed by atoms with Gasteiger partial charge in [-0.2, -0.15) is 0 Å². The van der Waals surface area contributed by atoms with Gasteiger partial charge in [0.2, 0.25) is 0 Å². The zero-order chi connectivity index (χ0) is 23.2. The van der Waals surface area contributed by atoms with E-state index in [1.54, 1.807) is 20.8 Å². The fraction of sp³-hybridized carbons (Fsp3) is 0.524. The number of nitro groups is 1. The Bertz CT molecular complexity index is 833. The highest BCUT2D eigenvalue weighted by atomic mass is 16.6. The summed E-state index contributed by atoms with van der Waals surface area (Å²) in [5.74, 6) is -0.271. The Morgan fingerprint density at radius 2 is 2.10 bits per heavy atom. The van der Waals surface area contributed by atoms with Crippen LogP contribution < -0.4 is 4.74 Å². The Kier molecular flexibility index (Phi) is 7.98. The SMILES string of the molecule is C=CC(O)c1cc(OCCOC(=O)[C@@H]2CCCN2C(=O)OC(C)(C)C)ccc1[N+](=O)[O-]. The molecule has 1 aliphatic heterocycles. The second kappa shape index (κ2) is 10.3. The normalized spacial score (nSPS) is 17.0. The van der Waals surface area contributed by atoms with Gasteiger partial charge in [0.15, 0.2) is 0 Å². The lowest BCUT2D eigenvalue weighted by atomic mass is 10.1. The molecule has 31 heavy (non-hydrogen) atoms. The van der Waals surface area contributed by atoms with E-state index in [0.29, 0.717) is 19.4 Å². The van der Waals surface area contributed by atoms with Gasteiger partial charge >= 0.3 is 12.1 Å². The second-order valence-electron chi connectivity index (χ2n) is 8.01. The van der Waals surface area contributed by atoms with Crippen LogP contribution in [0.2, 0.25) is 0 Å². The van der Waals surface area contributed by atoms with E-state index in [2.05, 4.69) is 6.58 Å². The van der Waals surface area contributed by atoms with Gasteiger partial charge in [-0.3, -0.25) is 15.0 Å². The third kappa shape index (κ3) is 6.68. The standard InChI is InChI=1S/C21H28N2O8/c1-5-18(24)15-13-14(8-9-16(15)23(27)28)29-11-12-30-19(25)17-7-6-10-22(17)20(26)31-21(2,3)4/h5,8-9,13,17-18,24H,1,6-7,10-12H2,2-4H3/t17-,18?/m0/s1. The van der Waals surface area contributed by atoms with Crippen LogP contribution in [-0.2, 0) is 14.3 Å². The fourth-order valence-corrected chi connectivity index (χ4v) is 3.10. The molecule has 170 valence electrons. The Hall–Kier alpha value is -3.14. The number of rotatable bonds is 8. The molecule has 2 rings (SSSR count). The molecule has 10 nitrogen and oxygen atoms in total. The Morgan fingerprint density at radius 3 is 2.71 bits per heavy atom. The first-order valence-electron chi connectivity index (χ1n) is 9.91. The van der Waals surface area contributed by atoms with E-state index in [1.807, 2.05) is 0 Å². The number of aliphatic hydroxyl groups excluding tert-OH is 1. The molecule has 10 heteroatoms. The monoisotopic (exact) mass is 436 g/mol. The van der Waals surface area contributed by atoms with Gasteiger partial charge in [-0.1, -0.05) is 6.08 Å². The van der Waals surface area contributed by atoms with E-state index in [-0.39, 0.29) is 30.2 Å². The minimum absolute atomic E-state index is 0.00761. The number of carbonyl (C=O) groups is 2. The number of likely N-dealkylation sites (tertiary alicyclic amines) is 1. The minimum Gasteiger partial charge on any atom is -0.490 e.